The number of carbonyl (C=O) groups excluding carboxylic acids is 4. The molecule has 1 aliphatic carbocycles. The summed E-state index contributed by atoms with van der Waals surface area (Å²) in [5.41, 5.74) is 3.35. The summed E-state index contributed by atoms with van der Waals surface area (Å²) in [5, 5.41) is 12.0. The Balaban J connectivity index is 1.23. The highest BCUT2D eigenvalue weighted by molar-refractivity contribution is 5.93. The van der Waals surface area contributed by atoms with Gasteiger partial charge in [0.15, 0.2) is 0 Å². The molecule has 2 heterocycles. The fourth-order valence-corrected chi connectivity index (χ4v) is 7.15. The van der Waals surface area contributed by atoms with Gasteiger partial charge in [-0.2, -0.15) is 0 Å². The van der Waals surface area contributed by atoms with E-state index in [0.717, 1.165) is 50.6 Å². The topological polar surface area (TPSA) is 132 Å². The predicted molar refractivity (Wildman–Crippen MR) is 184 cm³/mol. The van der Waals surface area contributed by atoms with E-state index in [1.54, 1.807) is 18.9 Å². The van der Waals surface area contributed by atoms with E-state index in [4.69, 9.17) is 4.74 Å². The van der Waals surface area contributed by atoms with Crippen LogP contribution in [0.15, 0.2) is 54.6 Å². The summed E-state index contributed by atoms with van der Waals surface area (Å²) in [7, 11) is 1.70. The van der Waals surface area contributed by atoms with Crippen molar-refractivity contribution >= 4 is 23.8 Å². The Kier molecular flexibility index (Phi) is 12.8. The number of alkyl carbamates (subject to hydrolysis) is 1. The van der Waals surface area contributed by atoms with Crippen LogP contribution in [0.3, 0.4) is 0 Å². The van der Waals surface area contributed by atoms with Crippen molar-refractivity contribution in [2.75, 3.05) is 33.2 Å². The first kappa shape index (κ1) is 35.3. The van der Waals surface area contributed by atoms with Gasteiger partial charge in [0.05, 0.1) is 12.1 Å². The van der Waals surface area contributed by atoms with Crippen molar-refractivity contribution in [1.82, 2.24) is 31.1 Å². The predicted octanol–water partition coefficient (Wildman–Crippen LogP) is 3.43. The summed E-state index contributed by atoms with van der Waals surface area (Å²) >= 11 is 0. The maximum atomic E-state index is 14.4. The molecule has 4 amide bonds. The Morgan fingerprint density at radius 3 is 2.54 bits per heavy atom. The molecule has 0 bridgehead atoms. The van der Waals surface area contributed by atoms with Crippen LogP contribution in [0.4, 0.5) is 4.79 Å². The van der Waals surface area contributed by atoms with Gasteiger partial charge in [-0.05, 0) is 88.6 Å². The molecule has 2 aromatic carbocycles. The Bertz CT molecular complexity index is 1390. The summed E-state index contributed by atoms with van der Waals surface area (Å²) in [6.45, 7) is 4.18. The van der Waals surface area contributed by atoms with Gasteiger partial charge < -0.3 is 30.9 Å². The van der Waals surface area contributed by atoms with Crippen molar-refractivity contribution in [1.29, 1.82) is 0 Å². The fraction of sp³-hybridized carbons (Fsp3) is 0.568. The lowest BCUT2D eigenvalue weighted by atomic mass is 9.98. The van der Waals surface area contributed by atoms with Gasteiger partial charge in [-0.3, -0.25) is 19.3 Å². The summed E-state index contributed by atoms with van der Waals surface area (Å²) in [6.07, 6.45) is 7.08. The van der Waals surface area contributed by atoms with Crippen molar-refractivity contribution in [3.05, 3.63) is 71.3 Å². The minimum absolute atomic E-state index is 0.0942. The highest BCUT2D eigenvalue weighted by Crippen LogP contribution is 2.30. The molecular formula is C37H52N6O5. The third-order valence-corrected chi connectivity index (χ3v) is 10.1. The van der Waals surface area contributed by atoms with Crippen LogP contribution in [-0.2, 0) is 32.1 Å². The Labute approximate surface area is 284 Å². The zero-order valence-corrected chi connectivity index (χ0v) is 28.4. The number of nitrogens with zero attached hydrogens (tertiary/aromatic N) is 2. The second kappa shape index (κ2) is 17.4. The highest BCUT2D eigenvalue weighted by Gasteiger charge is 2.44. The molecule has 260 valence electrons. The van der Waals surface area contributed by atoms with Crippen molar-refractivity contribution in [3.63, 3.8) is 0 Å². The molecule has 2 saturated heterocycles. The van der Waals surface area contributed by atoms with E-state index >= 15 is 0 Å². The number of carbonyl (C=O) groups is 4. The minimum Gasteiger partial charge on any atom is -0.445 e. The molecule has 1 unspecified atom stereocenters. The summed E-state index contributed by atoms with van der Waals surface area (Å²) in [5.74, 6) is -0.633. The van der Waals surface area contributed by atoms with Gasteiger partial charge in [-0.1, -0.05) is 61.0 Å². The number of ether oxygens (including phenoxy) is 1. The monoisotopic (exact) mass is 660 g/mol. The highest BCUT2D eigenvalue weighted by atomic mass is 16.5. The first-order valence-corrected chi connectivity index (χ1v) is 17.7. The van der Waals surface area contributed by atoms with Crippen LogP contribution < -0.4 is 21.3 Å². The standard InChI is InChI=1S/C37H52N6O5/c1-26(38-2)34(44)41-32(20-10-11-21-39-37(47)48-25-27-13-4-3-5-14-27)36(46)43-23-29-17-12-22-42(29)24-33(43)35(45)40-31-19-9-7-16-28-15-6-8-18-30(28)31/h3-6,8,13-15,18,26,29,31-33,38H,7,9-12,16-17,19-25H2,1-2H3,(H,39,47)(H,40,45)(H,41,44)/t26-,29+,31?,32-,33-/m0/s1. The van der Waals surface area contributed by atoms with E-state index < -0.39 is 24.2 Å². The Morgan fingerprint density at radius 1 is 0.938 bits per heavy atom. The number of unbranched alkanes of at least 4 members (excludes halogenated alkanes) is 1. The zero-order valence-electron chi connectivity index (χ0n) is 28.4. The number of aryl methyl sites for hydroxylation is 1. The second-order valence-corrected chi connectivity index (χ2v) is 13.4. The molecule has 0 spiro atoms. The van der Waals surface area contributed by atoms with Gasteiger partial charge in [0.2, 0.25) is 17.7 Å². The van der Waals surface area contributed by atoms with Crippen molar-refractivity contribution in [3.8, 4) is 0 Å². The first-order chi connectivity index (χ1) is 23.3. The van der Waals surface area contributed by atoms with Gasteiger partial charge in [0.25, 0.3) is 0 Å². The molecular weight excluding hydrogens is 608 g/mol. The molecule has 2 aromatic rings. The molecule has 2 fully saturated rings. The van der Waals surface area contributed by atoms with Crippen molar-refractivity contribution < 1.29 is 23.9 Å². The van der Waals surface area contributed by atoms with E-state index in [9.17, 15) is 19.2 Å². The van der Waals surface area contributed by atoms with Gasteiger partial charge in [-0.25, -0.2) is 4.79 Å². The lowest BCUT2D eigenvalue weighted by molar-refractivity contribution is -0.148. The number of nitrogens with one attached hydrogen (secondary N) is 4. The molecule has 4 N–H and O–H groups in total. The summed E-state index contributed by atoms with van der Waals surface area (Å²) < 4.78 is 5.30. The molecule has 5 atom stereocenters. The van der Waals surface area contributed by atoms with Gasteiger partial charge in [-0.15, -0.1) is 0 Å². The van der Waals surface area contributed by atoms with E-state index in [2.05, 4.69) is 44.4 Å². The molecule has 0 radical (unpaired) electrons. The van der Waals surface area contributed by atoms with Crippen LogP contribution in [0.25, 0.3) is 0 Å². The van der Waals surface area contributed by atoms with Gasteiger partial charge in [0.1, 0.15) is 18.7 Å². The van der Waals surface area contributed by atoms with E-state index in [1.165, 1.54) is 11.1 Å². The summed E-state index contributed by atoms with van der Waals surface area (Å²) in [6, 6.07) is 16.0. The van der Waals surface area contributed by atoms with Crippen LogP contribution in [0.1, 0.15) is 81.0 Å². The number of fused-ring (bicyclic) bond motifs is 2. The quantitative estimate of drug-likeness (QED) is 0.191. The van der Waals surface area contributed by atoms with E-state index in [1.807, 2.05) is 36.4 Å². The number of benzene rings is 2. The fourth-order valence-electron chi connectivity index (χ4n) is 7.15. The van der Waals surface area contributed by atoms with Crippen LogP contribution in [-0.4, -0.2) is 91.0 Å². The molecule has 0 aromatic heterocycles. The number of likely N-dealkylation sites (N-methyl/N-ethyl adjacent to an activating group) is 1. The third-order valence-electron chi connectivity index (χ3n) is 10.1. The zero-order chi connectivity index (χ0) is 33.9. The molecule has 11 nitrogen and oxygen atoms in total. The van der Waals surface area contributed by atoms with Crippen LogP contribution in [0, 0.1) is 0 Å². The third kappa shape index (κ3) is 9.35. The lowest BCUT2D eigenvalue weighted by Crippen LogP contribution is -2.65. The Hall–Kier alpha value is -3.96. The minimum atomic E-state index is -0.791. The Morgan fingerprint density at radius 2 is 1.73 bits per heavy atom. The van der Waals surface area contributed by atoms with E-state index in [0.29, 0.717) is 38.9 Å². The van der Waals surface area contributed by atoms with Crippen molar-refractivity contribution in [2.24, 2.45) is 0 Å². The van der Waals surface area contributed by atoms with Gasteiger partial charge in [0, 0.05) is 25.7 Å². The molecule has 5 rings (SSSR count). The van der Waals surface area contributed by atoms with Crippen LogP contribution in [0.2, 0.25) is 0 Å². The molecule has 2 aliphatic heterocycles. The number of rotatable bonds is 13. The van der Waals surface area contributed by atoms with Crippen LogP contribution >= 0.6 is 0 Å². The maximum absolute atomic E-state index is 14.4. The maximum Gasteiger partial charge on any atom is 0.407 e. The molecule has 0 saturated carbocycles. The average Bonchev–Trinajstić information content (AvgIpc) is 3.48. The normalized spacial score (nSPS) is 22.0. The second-order valence-electron chi connectivity index (χ2n) is 13.4. The number of amides is 4. The number of hydrogen-bond donors (Lipinski definition) is 4. The smallest absolute Gasteiger partial charge is 0.407 e. The van der Waals surface area contributed by atoms with E-state index in [-0.39, 0.29) is 36.4 Å². The molecule has 11 heteroatoms. The SMILES string of the molecule is CN[C@@H](C)C(=O)N[C@@H](CCCCNC(=O)OCc1ccccc1)C(=O)N1C[C@H]2CCCN2C[C@H]1C(=O)NC1CCCCc2ccccc21. The van der Waals surface area contributed by atoms with Crippen molar-refractivity contribution in [2.45, 2.75) is 102 Å². The number of piperazine rings is 1. The number of hydrogen-bond acceptors (Lipinski definition) is 7. The summed E-state index contributed by atoms with van der Waals surface area (Å²) in [4.78, 5) is 57.8. The molecule has 48 heavy (non-hydrogen) atoms. The largest absolute Gasteiger partial charge is 0.445 e. The lowest BCUT2D eigenvalue weighted by Gasteiger charge is -2.44. The molecule has 3 aliphatic rings. The van der Waals surface area contributed by atoms with Crippen LogP contribution in [0.5, 0.6) is 0 Å². The first-order valence-electron chi connectivity index (χ1n) is 17.7. The van der Waals surface area contributed by atoms with Gasteiger partial charge >= 0.3 is 6.09 Å². The average molecular weight is 661 g/mol.